The molecule has 0 aliphatic carbocycles. The largest absolute Gasteiger partial charge is 0.491 e. The Hall–Kier alpha value is -1.82. The molecule has 1 aromatic carbocycles. The van der Waals surface area contributed by atoms with Crippen molar-refractivity contribution in [2.75, 3.05) is 12.4 Å². The Morgan fingerprint density at radius 2 is 2.15 bits per heavy atom. The van der Waals surface area contributed by atoms with Gasteiger partial charge in [-0.15, -0.1) is 0 Å². The first-order valence-corrected chi connectivity index (χ1v) is 6.84. The Morgan fingerprint density at radius 1 is 1.40 bits per heavy atom. The van der Waals surface area contributed by atoms with E-state index in [2.05, 4.69) is 17.6 Å². The Balaban J connectivity index is 2.41. The van der Waals surface area contributed by atoms with E-state index < -0.39 is 4.92 Å². The minimum Gasteiger partial charge on any atom is -0.491 e. The summed E-state index contributed by atoms with van der Waals surface area (Å²) in [7, 11) is 0. The third kappa shape index (κ3) is 3.01. The number of rotatable bonds is 5. The average Bonchev–Trinajstić information content (AvgIpc) is 2.44. The zero-order valence-corrected chi connectivity index (χ0v) is 12.3. The molecule has 1 heterocycles. The fraction of sp³-hybridized carbons (Fsp3) is 0.357. The van der Waals surface area contributed by atoms with Crippen LogP contribution in [0.2, 0.25) is 0 Å². The van der Waals surface area contributed by atoms with E-state index in [-0.39, 0.29) is 11.1 Å². The fourth-order valence-corrected chi connectivity index (χ4v) is 1.82. The van der Waals surface area contributed by atoms with Gasteiger partial charge in [-0.05, 0) is 24.0 Å². The molecule has 0 atom stereocenters. The van der Waals surface area contributed by atoms with E-state index in [1.807, 2.05) is 13.8 Å². The topological polar surface area (TPSA) is 65.3 Å². The second-order valence-corrected chi connectivity index (χ2v) is 5.67. The summed E-state index contributed by atoms with van der Waals surface area (Å²) in [5.41, 5.74) is 0.469. The number of aromatic nitrogens is 1. The first kappa shape index (κ1) is 14.6. The van der Waals surface area contributed by atoms with Crippen molar-refractivity contribution >= 4 is 29.2 Å². The van der Waals surface area contributed by atoms with Crippen LogP contribution in [0, 0.1) is 15.5 Å². The molecule has 5 nitrogen and oxygen atoms in total. The maximum atomic E-state index is 11.0. The molecule has 106 valence electrons. The molecule has 0 fully saturated rings. The highest BCUT2D eigenvalue weighted by Crippen LogP contribution is 2.32. The van der Waals surface area contributed by atoms with Gasteiger partial charge in [0.15, 0.2) is 0 Å². The highest BCUT2D eigenvalue weighted by Gasteiger charge is 2.20. The number of hydrogen-bond acceptors (Lipinski definition) is 5. The van der Waals surface area contributed by atoms with Gasteiger partial charge in [-0.1, -0.05) is 13.8 Å². The molecule has 0 unspecified atom stereocenters. The van der Waals surface area contributed by atoms with E-state index >= 15 is 0 Å². The molecule has 0 N–H and O–H groups in total. The first-order chi connectivity index (χ1) is 9.44. The van der Waals surface area contributed by atoms with Crippen LogP contribution in [0.1, 0.15) is 13.8 Å². The molecule has 1 aromatic heterocycles. The summed E-state index contributed by atoms with van der Waals surface area (Å²) < 4.78 is 5.78. The monoisotopic (exact) mass is 292 g/mol. The Morgan fingerprint density at radius 3 is 2.80 bits per heavy atom. The van der Waals surface area contributed by atoms with Crippen LogP contribution >= 0.6 is 12.6 Å². The summed E-state index contributed by atoms with van der Waals surface area (Å²) in [4.78, 5) is 14.8. The van der Waals surface area contributed by atoms with Crippen LogP contribution < -0.4 is 4.74 Å². The van der Waals surface area contributed by atoms with Crippen molar-refractivity contribution in [1.82, 2.24) is 4.98 Å². The van der Waals surface area contributed by atoms with Gasteiger partial charge in [0.2, 0.25) is 0 Å². The van der Waals surface area contributed by atoms with Crippen molar-refractivity contribution < 1.29 is 9.66 Å². The maximum absolute atomic E-state index is 11.0. The molecule has 0 aliphatic heterocycles. The van der Waals surface area contributed by atoms with E-state index in [0.717, 1.165) is 0 Å². The molecule has 2 rings (SSSR count). The lowest BCUT2D eigenvalue weighted by molar-refractivity contribution is -0.383. The average molecular weight is 292 g/mol. The summed E-state index contributed by atoms with van der Waals surface area (Å²) in [6.45, 7) is 4.56. The number of hydrogen-bond donors (Lipinski definition) is 1. The number of benzene rings is 1. The SMILES string of the molecule is CC(C)(CS)COc1ccc([N+](=O)[O-])c2cccnc12. The summed E-state index contributed by atoms with van der Waals surface area (Å²) >= 11 is 4.28. The number of nitrogens with zero attached hydrogens (tertiary/aromatic N) is 2. The summed E-state index contributed by atoms with van der Waals surface area (Å²) in [6, 6.07) is 6.41. The van der Waals surface area contributed by atoms with Crippen molar-refractivity contribution in [1.29, 1.82) is 0 Å². The first-order valence-electron chi connectivity index (χ1n) is 6.20. The Bertz CT molecular complexity index is 643. The van der Waals surface area contributed by atoms with E-state index in [9.17, 15) is 10.1 Å². The smallest absolute Gasteiger partial charge is 0.279 e. The van der Waals surface area contributed by atoms with E-state index in [4.69, 9.17) is 4.74 Å². The van der Waals surface area contributed by atoms with Gasteiger partial charge in [0.05, 0.1) is 16.9 Å². The molecule has 0 saturated heterocycles. The normalized spacial score (nSPS) is 11.6. The zero-order valence-electron chi connectivity index (χ0n) is 11.4. The summed E-state index contributed by atoms with van der Waals surface area (Å²) in [5, 5.41) is 11.5. The molecule has 0 spiro atoms. The van der Waals surface area contributed by atoms with Crippen molar-refractivity contribution in [3.8, 4) is 5.75 Å². The molecular weight excluding hydrogens is 276 g/mol. The number of nitro groups is 1. The van der Waals surface area contributed by atoms with Gasteiger partial charge in [-0.3, -0.25) is 15.1 Å². The van der Waals surface area contributed by atoms with Crippen molar-refractivity contribution in [2.24, 2.45) is 5.41 Å². The lowest BCUT2D eigenvalue weighted by atomic mass is 9.98. The van der Waals surface area contributed by atoms with Crippen molar-refractivity contribution in [3.63, 3.8) is 0 Å². The minimum atomic E-state index is -0.411. The number of ether oxygens (including phenoxy) is 1. The van der Waals surface area contributed by atoms with Crippen LogP contribution in [0.4, 0.5) is 5.69 Å². The van der Waals surface area contributed by atoms with Gasteiger partial charge in [-0.2, -0.15) is 12.6 Å². The highest BCUT2D eigenvalue weighted by molar-refractivity contribution is 7.80. The lowest BCUT2D eigenvalue weighted by Gasteiger charge is -2.22. The van der Waals surface area contributed by atoms with Gasteiger partial charge in [0.1, 0.15) is 11.3 Å². The van der Waals surface area contributed by atoms with Crippen LogP contribution in [-0.4, -0.2) is 22.3 Å². The van der Waals surface area contributed by atoms with Crippen LogP contribution in [-0.2, 0) is 0 Å². The molecule has 2 aromatic rings. The Kier molecular flexibility index (Phi) is 4.13. The second-order valence-electron chi connectivity index (χ2n) is 5.35. The summed E-state index contributed by atoms with van der Waals surface area (Å²) in [6.07, 6.45) is 1.60. The number of thiol groups is 1. The number of non-ortho nitro benzene ring substituents is 1. The third-order valence-corrected chi connectivity index (χ3v) is 3.81. The van der Waals surface area contributed by atoms with Crippen LogP contribution in [0.3, 0.4) is 0 Å². The van der Waals surface area contributed by atoms with E-state index in [1.54, 1.807) is 24.4 Å². The molecule has 0 amide bonds. The molecule has 0 saturated carbocycles. The zero-order chi connectivity index (χ0) is 14.8. The highest BCUT2D eigenvalue weighted by atomic mass is 32.1. The fourth-order valence-electron chi connectivity index (χ4n) is 1.73. The predicted molar refractivity (Wildman–Crippen MR) is 81.5 cm³/mol. The Labute approximate surface area is 122 Å². The quantitative estimate of drug-likeness (QED) is 0.520. The van der Waals surface area contributed by atoms with Gasteiger partial charge in [0, 0.05) is 17.7 Å². The van der Waals surface area contributed by atoms with Crippen molar-refractivity contribution in [3.05, 3.63) is 40.6 Å². The van der Waals surface area contributed by atoms with Gasteiger partial charge >= 0.3 is 0 Å². The van der Waals surface area contributed by atoms with E-state index in [0.29, 0.717) is 29.0 Å². The molecule has 6 heteroatoms. The van der Waals surface area contributed by atoms with E-state index in [1.165, 1.54) is 6.07 Å². The maximum Gasteiger partial charge on any atom is 0.279 e. The number of nitro benzene ring substituents is 1. The van der Waals surface area contributed by atoms with Crippen molar-refractivity contribution in [2.45, 2.75) is 13.8 Å². The summed E-state index contributed by atoms with van der Waals surface area (Å²) in [5.74, 6) is 1.24. The lowest BCUT2D eigenvalue weighted by Crippen LogP contribution is -2.23. The van der Waals surface area contributed by atoms with Crippen LogP contribution in [0.15, 0.2) is 30.5 Å². The van der Waals surface area contributed by atoms with Crippen LogP contribution in [0.5, 0.6) is 5.75 Å². The van der Waals surface area contributed by atoms with Gasteiger partial charge in [0.25, 0.3) is 5.69 Å². The standard InChI is InChI=1S/C14H16N2O3S/c1-14(2,9-20)8-19-12-6-5-11(16(17)18)10-4-3-7-15-13(10)12/h3-7,20H,8-9H2,1-2H3. The second kappa shape index (κ2) is 5.66. The number of pyridine rings is 1. The van der Waals surface area contributed by atoms with Crippen LogP contribution in [0.25, 0.3) is 10.9 Å². The molecule has 20 heavy (non-hydrogen) atoms. The van der Waals surface area contributed by atoms with Gasteiger partial charge < -0.3 is 4.74 Å². The molecular formula is C14H16N2O3S. The molecule has 0 radical (unpaired) electrons. The molecule has 0 bridgehead atoms. The van der Waals surface area contributed by atoms with Gasteiger partial charge in [-0.25, -0.2) is 0 Å². The minimum absolute atomic E-state index is 0.0360. The third-order valence-electron chi connectivity index (χ3n) is 2.95. The number of fused-ring (bicyclic) bond motifs is 1. The predicted octanol–water partition coefficient (Wildman–Crippen LogP) is 3.48. The molecule has 0 aliphatic rings.